The molecule has 144 valence electrons. The number of carbonyl (C=O) groups excluding carboxylic acids is 1. The zero-order chi connectivity index (χ0) is 20.5. The molecule has 0 aliphatic rings. The van der Waals surface area contributed by atoms with Crippen LogP contribution in [0.5, 0.6) is 0 Å². The summed E-state index contributed by atoms with van der Waals surface area (Å²) in [5.41, 5.74) is 4.64. The minimum absolute atomic E-state index is 0.000860. The molecule has 0 radical (unpaired) electrons. The number of alkyl halides is 3. The van der Waals surface area contributed by atoms with Crippen LogP contribution in [0.2, 0.25) is 0 Å². The van der Waals surface area contributed by atoms with E-state index in [0.717, 1.165) is 23.0 Å². The van der Waals surface area contributed by atoms with Crippen LogP contribution in [-0.4, -0.2) is 25.7 Å². The van der Waals surface area contributed by atoms with Gasteiger partial charge in [-0.2, -0.15) is 17.6 Å². The molecule has 1 amide bonds. The van der Waals surface area contributed by atoms with Crippen molar-refractivity contribution in [2.24, 2.45) is 5.73 Å². The monoisotopic (exact) mass is 391 g/mol. The number of rotatable bonds is 4. The first-order valence-electron chi connectivity index (χ1n) is 7.88. The minimum atomic E-state index is -4.51. The number of halogens is 4. The molecule has 0 aliphatic carbocycles. The van der Waals surface area contributed by atoms with Gasteiger partial charge in [0, 0.05) is 23.5 Å². The van der Waals surface area contributed by atoms with E-state index >= 15 is 0 Å². The number of benzene rings is 1. The van der Waals surface area contributed by atoms with E-state index in [-0.39, 0.29) is 22.5 Å². The molecule has 10 heteroatoms. The van der Waals surface area contributed by atoms with Gasteiger partial charge in [0.2, 0.25) is 5.95 Å². The van der Waals surface area contributed by atoms with E-state index in [1.807, 2.05) is 0 Å². The smallest absolute Gasteiger partial charge is 0.366 e. The van der Waals surface area contributed by atoms with Gasteiger partial charge in [0.25, 0.3) is 5.91 Å². The second kappa shape index (κ2) is 7.22. The van der Waals surface area contributed by atoms with Gasteiger partial charge >= 0.3 is 6.18 Å². The fourth-order valence-electron chi connectivity index (χ4n) is 2.53. The first kappa shape index (κ1) is 19.2. The normalized spacial score (nSPS) is 12.2. The number of nitrogens with zero attached hydrogens (tertiary/aromatic N) is 4. The van der Waals surface area contributed by atoms with E-state index < -0.39 is 23.6 Å². The molecular formula is C18H13F4N5O. The molecule has 1 aromatic carbocycles. The molecule has 0 unspecified atom stereocenters. The molecule has 0 spiro atoms. The number of hydrogen-bond donors (Lipinski definition) is 1. The summed E-state index contributed by atoms with van der Waals surface area (Å²) in [6.45, 7) is 1.52. The van der Waals surface area contributed by atoms with Crippen molar-refractivity contribution in [1.29, 1.82) is 0 Å². The fourth-order valence-corrected chi connectivity index (χ4v) is 2.53. The lowest BCUT2D eigenvalue weighted by Gasteiger charge is -2.09. The van der Waals surface area contributed by atoms with Crippen LogP contribution in [0.15, 0.2) is 42.9 Å². The standard InChI is InChI=1S/C18H13F4N5O/c1-10-5-11(7-12(6-10)18(20,21)22)17-25-9-27(26-17)8-14(16(23)28)13-3-2-4-24-15(13)19/h2-9H,1H3,(H2,23,28)/b14-8+. The number of primary amides is 1. The van der Waals surface area contributed by atoms with E-state index in [1.54, 1.807) is 0 Å². The lowest BCUT2D eigenvalue weighted by Crippen LogP contribution is -2.15. The highest BCUT2D eigenvalue weighted by Gasteiger charge is 2.31. The predicted molar refractivity (Wildman–Crippen MR) is 92.8 cm³/mol. The molecule has 3 aromatic rings. The molecule has 2 aromatic heterocycles. The van der Waals surface area contributed by atoms with Crippen molar-refractivity contribution in [3.05, 3.63) is 65.5 Å². The molecule has 0 saturated carbocycles. The number of aromatic nitrogens is 4. The summed E-state index contributed by atoms with van der Waals surface area (Å²) in [6, 6.07) is 6.16. The molecule has 0 aliphatic heterocycles. The second-order valence-electron chi connectivity index (χ2n) is 5.88. The SMILES string of the molecule is Cc1cc(-c2ncn(/C=C(/C(N)=O)c3cccnc3F)n2)cc(C(F)(F)F)c1. The molecular weight excluding hydrogens is 378 g/mol. The number of pyridine rings is 1. The Morgan fingerprint density at radius 3 is 2.61 bits per heavy atom. The van der Waals surface area contributed by atoms with Gasteiger partial charge in [0.15, 0.2) is 5.82 Å². The third-order valence-corrected chi connectivity index (χ3v) is 3.75. The molecule has 3 rings (SSSR count). The van der Waals surface area contributed by atoms with Crippen molar-refractivity contribution in [3.8, 4) is 11.4 Å². The van der Waals surface area contributed by atoms with Gasteiger partial charge < -0.3 is 5.73 Å². The van der Waals surface area contributed by atoms with Gasteiger partial charge in [-0.3, -0.25) is 4.79 Å². The van der Waals surface area contributed by atoms with Crippen molar-refractivity contribution in [1.82, 2.24) is 19.7 Å². The summed E-state index contributed by atoms with van der Waals surface area (Å²) in [4.78, 5) is 19.1. The Labute approximate surface area is 156 Å². The van der Waals surface area contributed by atoms with E-state index in [1.165, 1.54) is 37.6 Å². The van der Waals surface area contributed by atoms with Crippen LogP contribution in [0.1, 0.15) is 16.7 Å². The van der Waals surface area contributed by atoms with E-state index in [0.29, 0.717) is 5.56 Å². The zero-order valence-corrected chi connectivity index (χ0v) is 14.4. The van der Waals surface area contributed by atoms with Gasteiger partial charge in [-0.05, 0) is 42.8 Å². The molecule has 0 fully saturated rings. The predicted octanol–water partition coefficient (Wildman–Crippen LogP) is 3.29. The number of hydrogen-bond acceptors (Lipinski definition) is 4. The summed E-state index contributed by atoms with van der Waals surface area (Å²) in [5, 5.41) is 4.03. The van der Waals surface area contributed by atoms with Gasteiger partial charge in [0.05, 0.1) is 11.1 Å². The van der Waals surface area contributed by atoms with Crippen LogP contribution in [0.25, 0.3) is 23.2 Å². The average Bonchev–Trinajstić information content (AvgIpc) is 3.08. The third kappa shape index (κ3) is 4.05. The van der Waals surface area contributed by atoms with Crippen LogP contribution in [0.3, 0.4) is 0 Å². The largest absolute Gasteiger partial charge is 0.416 e. The van der Waals surface area contributed by atoms with Crippen molar-refractivity contribution in [3.63, 3.8) is 0 Å². The quantitative estimate of drug-likeness (QED) is 0.420. The van der Waals surface area contributed by atoms with Crippen molar-refractivity contribution < 1.29 is 22.4 Å². The van der Waals surface area contributed by atoms with Crippen LogP contribution >= 0.6 is 0 Å². The maximum Gasteiger partial charge on any atom is 0.416 e. The van der Waals surface area contributed by atoms with Gasteiger partial charge in [-0.15, -0.1) is 5.10 Å². The number of nitrogens with two attached hydrogens (primary N) is 1. The third-order valence-electron chi connectivity index (χ3n) is 3.75. The highest BCUT2D eigenvalue weighted by atomic mass is 19.4. The van der Waals surface area contributed by atoms with E-state index in [4.69, 9.17) is 5.73 Å². The molecule has 2 N–H and O–H groups in total. The maximum absolute atomic E-state index is 13.9. The summed E-state index contributed by atoms with van der Waals surface area (Å²) < 4.78 is 53.9. The molecule has 0 atom stereocenters. The van der Waals surface area contributed by atoms with Crippen LogP contribution in [0.4, 0.5) is 17.6 Å². The first-order valence-corrected chi connectivity index (χ1v) is 7.88. The zero-order valence-electron chi connectivity index (χ0n) is 14.4. The molecule has 0 bridgehead atoms. The number of amides is 1. The molecule has 28 heavy (non-hydrogen) atoms. The van der Waals surface area contributed by atoms with Crippen molar-refractivity contribution in [2.75, 3.05) is 0 Å². The first-order chi connectivity index (χ1) is 13.1. The Bertz CT molecular complexity index is 1070. The molecule has 0 saturated heterocycles. The highest BCUT2D eigenvalue weighted by Crippen LogP contribution is 2.32. The van der Waals surface area contributed by atoms with Crippen LogP contribution in [-0.2, 0) is 11.0 Å². The lowest BCUT2D eigenvalue weighted by atomic mass is 10.1. The Hall–Kier alpha value is -3.56. The highest BCUT2D eigenvalue weighted by molar-refractivity contribution is 6.22. The van der Waals surface area contributed by atoms with E-state index in [9.17, 15) is 22.4 Å². The molecule has 6 nitrogen and oxygen atoms in total. The number of carbonyl (C=O) groups is 1. The van der Waals surface area contributed by atoms with Gasteiger partial charge in [-0.1, -0.05) is 0 Å². The van der Waals surface area contributed by atoms with Gasteiger partial charge in [-0.25, -0.2) is 14.6 Å². The summed E-state index contributed by atoms with van der Waals surface area (Å²) in [5.74, 6) is -1.83. The lowest BCUT2D eigenvalue weighted by molar-refractivity contribution is -0.137. The Morgan fingerprint density at radius 2 is 1.96 bits per heavy atom. The fraction of sp³-hybridized carbons (Fsp3) is 0.111. The Morgan fingerprint density at radius 1 is 1.21 bits per heavy atom. The maximum atomic E-state index is 13.9. The van der Waals surface area contributed by atoms with Crippen molar-refractivity contribution >= 4 is 17.7 Å². The van der Waals surface area contributed by atoms with Gasteiger partial charge in [0.1, 0.15) is 6.33 Å². The van der Waals surface area contributed by atoms with Crippen molar-refractivity contribution in [2.45, 2.75) is 13.1 Å². The number of aryl methyl sites for hydroxylation is 1. The minimum Gasteiger partial charge on any atom is -0.366 e. The Kier molecular flexibility index (Phi) is 4.95. The van der Waals surface area contributed by atoms with E-state index in [2.05, 4.69) is 15.1 Å². The topological polar surface area (TPSA) is 86.7 Å². The average molecular weight is 391 g/mol. The summed E-state index contributed by atoms with van der Waals surface area (Å²) >= 11 is 0. The van der Waals surface area contributed by atoms with Crippen LogP contribution in [0, 0.1) is 12.9 Å². The summed E-state index contributed by atoms with van der Waals surface area (Å²) in [7, 11) is 0. The van der Waals surface area contributed by atoms with Crippen LogP contribution < -0.4 is 5.73 Å². The second-order valence-corrected chi connectivity index (χ2v) is 5.88. The molecule has 2 heterocycles. The Balaban J connectivity index is 2.02. The summed E-state index contributed by atoms with van der Waals surface area (Å²) in [6.07, 6.45) is -1.01.